The predicted molar refractivity (Wildman–Crippen MR) is 103 cm³/mol. The molecule has 2 aromatic rings. The fourth-order valence-corrected chi connectivity index (χ4v) is 3.51. The number of hydrogen-bond acceptors (Lipinski definition) is 8. The predicted octanol–water partition coefficient (Wildman–Crippen LogP) is 2.69. The summed E-state index contributed by atoms with van der Waals surface area (Å²) in [5.41, 5.74) is 12.6. The maximum atomic E-state index is 11.4. The van der Waals surface area contributed by atoms with Gasteiger partial charge in [-0.15, -0.1) is 0 Å². The molecule has 0 radical (unpaired) electrons. The number of aromatic nitrogens is 3. The number of nitro groups is 1. The van der Waals surface area contributed by atoms with E-state index in [1.54, 1.807) is 18.3 Å². The van der Waals surface area contributed by atoms with E-state index in [4.69, 9.17) is 23.1 Å². The summed E-state index contributed by atoms with van der Waals surface area (Å²) in [6.07, 6.45) is 5.80. The van der Waals surface area contributed by atoms with Gasteiger partial charge in [-0.05, 0) is 50.2 Å². The molecule has 0 saturated heterocycles. The molecule has 0 aromatic carbocycles. The molecule has 1 saturated carbocycles. The molecule has 0 spiro atoms. The zero-order valence-electron chi connectivity index (χ0n) is 14.8. The second kappa shape index (κ2) is 8.45. The van der Waals surface area contributed by atoms with Crippen LogP contribution in [-0.4, -0.2) is 25.9 Å². The van der Waals surface area contributed by atoms with Gasteiger partial charge >= 0.3 is 5.69 Å². The Bertz CT molecular complexity index is 825. The van der Waals surface area contributed by atoms with Crippen molar-refractivity contribution in [1.82, 2.24) is 15.0 Å². The van der Waals surface area contributed by atoms with Crippen LogP contribution in [0.15, 0.2) is 18.3 Å². The lowest BCUT2D eigenvalue weighted by Crippen LogP contribution is -2.27. The van der Waals surface area contributed by atoms with Crippen LogP contribution in [0.3, 0.4) is 0 Å². The monoisotopic (exact) mass is 391 g/mol. The maximum absolute atomic E-state index is 11.4. The minimum atomic E-state index is -0.515. The third kappa shape index (κ3) is 4.81. The number of nitrogens with one attached hydrogen (secondary N) is 1. The Hall–Kier alpha value is -2.52. The van der Waals surface area contributed by atoms with Crippen molar-refractivity contribution in [2.45, 2.75) is 44.7 Å². The molecule has 9 nitrogen and oxygen atoms in total. The zero-order valence-corrected chi connectivity index (χ0v) is 15.5. The van der Waals surface area contributed by atoms with Gasteiger partial charge in [-0.3, -0.25) is 15.1 Å². The van der Waals surface area contributed by atoms with Crippen LogP contribution in [-0.2, 0) is 13.0 Å². The van der Waals surface area contributed by atoms with Gasteiger partial charge in [0.1, 0.15) is 5.69 Å². The first-order valence-corrected chi connectivity index (χ1v) is 9.21. The first kappa shape index (κ1) is 19.2. The SMILES string of the molecule is Nc1nc(NCc2ncccc2Cl)nc(C[C@H]2CC[C@H](N)CC2)c1[N+](=O)[O-]. The average Bonchev–Trinajstić information content (AvgIpc) is 2.62. The Balaban J connectivity index is 1.80. The molecule has 1 aliphatic carbocycles. The van der Waals surface area contributed by atoms with Crippen molar-refractivity contribution in [1.29, 1.82) is 0 Å². The molecule has 0 atom stereocenters. The number of halogens is 1. The van der Waals surface area contributed by atoms with Gasteiger partial charge in [0.2, 0.25) is 11.8 Å². The minimum Gasteiger partial charge on any atom is -0.378 e. The molecule has 144 valence electrons. The highest BCUT2D eigenvalue weighted by Gasteiger charge is 2.27. The van der Waals surface area contributed by atoms with E-state index < -0.39 is 4.92 Å². The minimum absolute atomic E-state index is 0.146. The lowest BCUT2D eigenvalue weighted by atomic mass is 9.83. The molecule has 5 N–H and O–H groups in total. The van der Waals surface area contributed by atoms with E-state index in [0.29, 0.717) is 28.7 Å². The summed E-state index contributed by atoms with van der Waals surface area (Å²) >= 11 is 6.09. The summed E-state index contributed by atoms with van der Waals surface area (Å²) in [7, 11) is 0. The average molecular weight is 392 g/mol. The van der Waals surface area contributed by atoms with Crippen LogP contribution in [0.25, 0.3) is 0 Å². The largest absolute Gasteiger partial charge is 0.378 e. The summed E-state index contributed by atoms with van der Waals surface area (Å²) in [4.78, 5) is 23.5. The molecule has 10 heteroatoms. The normalized spacial score (nSPS) is 19.6. The van der Waals surface area contributed by atoms with Gasteiger partial charge in [0, 0.05) is 12.2 Å². The van der Waals surface area contributed by atoms with Crippen LogP contribution in [0, 0.1) is 16.0 Å². The fraction of sp³-hybridized carbons (Fsp3) is 0.471. The summed E-state index contributed by atoms with van der Waals surface area (Å²) in [5, 5.41) is 15.0. The molecule has 3 rings (SSSR count). The van der Waals surface area contributed by atoms with Crippen molar-refractivity contribution in [3.8, 4) is 0 Å². The summed E-state index contributed by atoms with van der Waals surface area (Å²) in [5.74, 6) is 0.380. The number of rotatable bonds is 6. The zero-order chi connectivity index (χ0) is 19.4. The quantitative estimate of drug-likeness (QED) is 0.503. The van der Waals surface area contributed by atoms with Gasteiger partial charge in [0.25, 0.3) is 0 Å². The van der Waals surface area contributed by atoms with E-state index in [1.807, 2.05) is 0 Å². The van der Waals surface area contributed by atoms with E-state index in [2.05, 4.69) is 20.3 Å². The van der Waals surface area contributed by atoms with Gasteiger partial charge < -0.3 is 16.8 Å². The first-order valence-electron chi connectivity index (χ1n) is 8.83. The number of nitrogens with two attached hydrogens (primary N) is 2. The van der Waals surface area contributed by atoms with Gasteiger partial charge in [-0.25, -0.2) is 4.98 Å². The molecule has 2 heterocycles. The molecule has 0 amide bonds. The summed E-state index contributed by atoms with van der Waals surface area (Å²) in [6, 6.07) is 3.68. The first-order chi connectivity index (χ1) is 12.9. The van der Waals surface area contributed by atoms with Crippen molar-refractivity contribution >= 4 is 29.1 Å². The summed E-state index contributed by atoms with van der Waals surface area (Å²) in [6.45, 7) is 0.286. The van der Waals surface area contributed by atoms with Crippen LogP contribution in [0.4, 0.5) is 17.5 Å². The molecule has 0 unspecified atom stereocenters. The van der Waals surface area contributed by atoms with Crippen LogP contribution < -0.4 is 16.8 Å². The standard InChI is InChI=1S/C17H22ClN7O2/c18-12-2-1-7-21-14(12)9-22-17-23-13(15(25(26)27)16(20)24-17)8-10-3-5-11(19)6-4-10/h1-2,7,10-11H,3-6,8-9,19H2,(H3,20,22,23,24)/t10-,11-. The molecule has 0 bridgehead atoms. The van der Waals surface area contributed by atoms with Crippen LogP contribution >= 0.6 is 11.6 Å². The molecule has 1 aliphatic rings. The third-order valence-corrected chi connectivity index (χ3v) is 5.13. The number of hydrogen-bond donors (Lipinski definition) is 3. The van der Waals surface area contributed by atoms with Gasteiger partial charge in [-0.1, -0.05) is 11.6 Å². The van der Waals surface area contributed by atoms with E-state index >= 15 is 0 Å². The Kier molecular flexibility index (Phi) is 6.02. The highest BCUT2D eigenvalue weighted by Crippen LogP contribution is 2.32. The summed E-state index contributed by atoms with van der Waals surface area (Å²) < 4.78 is 0. The molecular formula is C17H22ClN7O2. The topological polar surface area (TPSA) is 146 Å². The van der Waals surface area contributed by atoms with Crippen LogP contribution in [0.1, 0.15) is 37.1 Å². The molecule has 27 heavy (non-hydrogen) atoms. The molecule has 1 fully saturated rings. The van der Waals surface area contributed by atoms with Crippen molar-refractivity contribution in [3.63, 3.8) is 0 Å². The van der Waals surface area contributed by atoms with Crippen molar-refractivity contribution in [3.05, 3.63) is 44.9 Å². The van der Waals surface area contributed by atoms with Crippen molar-refractivity contribution in [2.24, 2.45) is 11.7 Å². The van der Waals surface area contributed by atoms with Crippen LogP contribution in [0.2, 0.25) is 5.02 Å². The maximum Gasteiger partial charge on any atom is 0.332 e. The van der Waals surface area contributed by atoms with E-state index in [1.165, 1.54) is 0 Å². The smallest absolute Gasteiger partial charge is 0.332 e. The van der Waals surface area contributed by atoms with Crippen molar-refractivity contribution in [2.75, 3.05) is 11.1 Å². The number of anilines is 2. The van der Waals surface area contributed by atoms with Crippen molar-refractivity contribution < 1.29 is 4.92 Å². The van der Waals surface area contributed by atoms with Crippen LogP contribution in [0.5, 0.6) is 0 Å². The van der Waals surface area contributed by atoms with E-state index in [-0.39, 0.29) is 30.0 Å². The second-order valence-corrected chi connectivity index (χ2v) is 7.16. The third-order valence-electron chi connectivity index (χ3n) is 4.79. The van der Waals surface area contributed by atoms with E-state index in [0.717, 1.165) is 25.7 Å². The highest BCUT2D eigenvalue weighted by molar-refractivity contribution is 6.31. The Morgan fingerprint density at radius 1 is 1.26 bits per heavy atom. The fourth-order valence-electron chi connectivity index (χ4n) is 3.32. The Labute approximate surface area is 161 Å². The second-order valence-electron chi connectivity index (χ2n) is 6.76. The lowest BCUT2D eigenvalue weighted by molar-refractivity contribution is -0.385. The Morgan fingerprint density at radius 2 is 2.00 bits per heavy atom. The van der Waals surface area contributed by atoms with E-state index in [9.17, 15) is 10.1 Å². The van der Waals surface area contributed by atoms with Gasteiger partial charge in [0.15, 0.2) is 0 Å². The highest BCUT2D eigenvalue weighted by atomic mass is 35.5. The molecular weight excluding hydrogens is 370 g/mol. The lowest BCUT2D eigenvalue weighted by Gasteiger charge is -2.25. The number of nitrogens with zero attached hydrogens (tertiary/aromatic N) is 4. The van der Waals surface area contributed by atoms with Gasteiger partial charge in [-0.2, -0.15) is 4.98 Å². The molecule has 0 aliphatic heterocycles. The Morgan fingerprint density at radius 3 is 2.67 bits per heavy atom. The van der Waals surface area contributed by atoms with Gasteiger partial charge in [0.05, 0.1) is 22.2 Å². The number of pyridine rings is 1. The number of nitrogen functional groups attached to an aromatic ring is 1. The molecule has 2 aromatic heterocycles.